The van der Waals surface area contributed by atoms with E-state index in [-0.39, 0.29) is 16.7 Å². The van der Waals surface area contributed by atoms with Gasteiger partial charge >= 0.3 is 5.69 Å². The Labute approximate surface area is 123 Å². The molecular formula is C15H19N3O3. The number of anilines is 2. The predicted octanol–water partition coefficient (Wildman–Crippen LogP) is 4.02. The van der Waals surface area contributed by atoms with Gasteiger partial charge in [0.1, 0.15) is 22.9 Å². The van der Waals surface area contributed by atoms with Crippen molar-refractivity contribution >= 4 is 17.1 Å². The lowest BCUT2D eigenvalue weighted by molar-refractivity contribution is -0.383. The van der Waals surface area contributed by atoms with Crippen molar-refractivity contribution in [3.8, 4) is 0 Å². The largest absolute Gasteiger partial charge is 0.466 e. The average Bonchev–Trinajstić information content (AvgIpc) is 2.77. The SMILES string of the molecule is CNc1cccc(NC(C)c2cc(C)oc2C)c1[N+](=O)[O-]. The molecule has 112 valence electrons. The molecule has 6 nitrogen and oxygen atoms in total. The molecule has 2 rings (SSSR count). The monoisotopic (exact) mass is 289 g/mol. The van der Waals surface area contributed by atoms with E-state index < -0.39 is 0 Å². The molecule has 0 aliphatic rings. The van der Waals surface area contributed by atoms with E-state index in [0.29, 0.717) is 11.4 Å². The van der Waals surface area contributed by atoms with Crippen LogP contribution in [-0.4, -0.2) is 12.0 Å². The Morgan fingerprint density at radius 3 is 2.48 bits per heavy atom. The summed E-state index contributed by atoms with van der Waals surface area (Å²) in [6, 6.07) is 7.02. The third-order valence-electron chi connectivity index (χ3n) is 3.41. The van der Waals surface area contributed by atoms with Crippen LogP contribution in [0.1, 0.15) is 30.0 Å². The number of nitro benzene ring substituents is 1. The van der Waals surface area contributed by atoms with E-state index in [2.05, 4.69) is 10.6 Å². The molecule has 1 atom stereocenters. The summed E-state index contributed by atoms with van der Waals surface area (Å²) in [7, 11) is 1.67. The van der Waals surface area contributed by atoms with Crippen molar-refractivity contribution in [2.45, 2.75) is 26.8 Å². The van der Waals surface area contributed by atoms with Crippen LogP contribution in [0.2, 0.25) is 0 Å². The van der Waals surface area contributed by atoms with Gasteiger partial charge in [-0.2, -0.15) is 0 Å². The van der Waals surface area contributed by atoms with Crippen molar-refractivity contribution in [3.63, 3.8) is 0 Å². The van der Waals surface area contributed by atoms with Gasteiger partial charge in [0.15, 0.2) is 0 Å². The smallest absolute Gasteiger partial charge is 0.315 e. The fraction of sp³-hybridized carbons (Fsp3) is 0.333. The lowest BCUT2D eigenvalue weighted by atomic mass is 10.1. The first kappa shape index (κ1) is 14.9. The molecule has 1 aromatic carbocycles. The van der Waals surface area contributed by atoms with Gasteiger partial charge in [0.05, 0.1) is 11.0 Å². The van der Waals surface area contributed by atoms with E-state index in [1.807, 2.05) is 26.8 Å². The van der Waals surface area contributed by atoms with Crippen molar-refractivity contribution in [1.82, 2.24) is 0 Å². The van der Waals surface area contributed by atoms with Gasteiger partial charge in [-0.1, -0.05) is 6.07 Å². The average molecular weight is 289 g/mol. The molecule has 0 aliphatic heterocycles. The van der Waals surface area contributed by atoms with E-state index >= 15 is 0 Å². The maximum absolute atomic E-state index is 11.3. The van der Waals surface area contributed by atoms with Crippen molar-refractivity contribution in [3.05, 3.63) is 51.5 Å². The maximum atomic E-state index is 11.3. The highest BCUT2D eigenvalue weighted by Crippen LogP contribution is 2.35. The number of aryl methyl sites for hydroxylation is 2. The van der Waals surface area contributed by atoms with Gasteiger partial charge in [0.2, 0.25) is 0 Å². The number of rotatable bonds is 5. The molecule has 1 aromatic heterocycles. The molecule has 2 N–H and O–H groups in total. The minimum Gasteiger partial charge on any atom is -0.466 e. The van der Waals surface area contributed by atoms with Gasteiger partial charge in [-0.05, 0) is 39.0 Å². The highest BCUT2D eigenvalue weighted by Gasteiger charge is 2.21. The molecule has 0 radical (unpaired) electrons. The fourth-order valence-corrected chi connectivity index (χ4v) is 2.45. The van der Waals surface area contributed by atoms with Gasteiger partial charge < -0.3 is 15.1 Å². The zero-order valence-electron chi connectivity index (χ0n) is 12.6. The summed E-state index contributed by atoms with van der Waals surface area (Å²) < 4.78 is 5.51. The number of hydrogen-bond donors (Lipinski definition) is 2. The molecule has 0 bridgehead atoms. The summed E-state index contributed by atoms with van der Waals surface area (Å²) in [5.74, 6) is 1.65. The normalized spacial score (nSPS) is 12.0. The van der Waals surface area contributed by atoms with Crippen LogP contribution in [0, 0.1) is 24.0 Å². The number of nitro groups is 1. The molecule has 0 amide bonds. The minimum absolute atomic E-state index is 0.0460. The van der Waals surface area contributed by atoms with Gasteiger partial charge in [0, 0.05) is 12.6 Å². The second-order valence-electron chi connectivity index (χ2n) is 4.94. The molecule has 0 spiro atoms. The number of nitrogens with one attached hydrogen (secondary N) is 2. The van der Waals surface area contributed by atoms with E-state index in [4.69, 9.17) is 4.42 Å². The molecule has 1 unspecified atom stereocenters. The van der Waals surface area contributed by atoms with Crippen LogP contribution >= 0.6 is 0 Å². The Bertz CT molecular complexity index is 664. The molecule has 0 fully saturated rings. The van der Waals surface area contributed by atoms with Crippen molar-refractivity contribution in [1.29, 1.82) is 0 Å². The van der Waals surface area contributed by atoms with Gasteiger partial charge in [0.25, 0.3) is 0 Å². The van der Waals surface area contributed by atoms with Crippen molar-refractivity contribution < 1.29 is 9.34 Å². The molecule has 6 heteroatoms. The Balaban J connectivity index is 2.35. The van der Waals surface area contributed by atoms with E-state index in [1.165, 1.54) is 0 Å². The van der Waals surface area contributed by atoms with Gasteiger partial charge in [-0.15, -0.1) is 0 Å². The lowest BCUT2D eigenvalue weighted by Crippen LogP contribution is -2.09. The second-order valence-corrected chi connectivity index (χ2v) is 4.94. The first-order chi connectivity index (χ1) is 9.93. The molecule has 2 aromatic rings. The Kier molecular flexibility index (Phi) is 4.16. The summed E-state index contributed by atoms with van der Waals surface area (Å²) in [6.45, 7) is 5.72. The standard InChI is InChI=1S/C15H19N3O3/c1-9-8-12(11(3)21-9)10(2)17-14-7-5-6-13(16-4)15(14)18(19)20/h5-8,10,16-17H,1-4H3. The van der Waals surface area contributed by atoms with E-state index in [9.17, 15) is 10.1 Å². The quantitative estimate of drug-likeness (QED) is 0.642. The number of hydrogen-bond acceptors (Lipinski definition) is 5. The topological polar surface area (TPSA) is 80.3 Å². The highest BCUT2D eigenvalue weighted by molar-refractivity contribution is 5.76. The first-order valence-corrected chi connectivity index (χ1v) is 6.72. The summed E-state index contributed by atoms with van der Waals surface area (Å²) in [6.07, 6.45) is 0. The van der Waals surface area contributed by atoms with E-state index in [0.717, 1.165) is 17.1 Å². The van der Waals surface area contributed by atoms with Crippen LogP contribution < -0.4 is 10.6 Å². The highest BCUT2D eigenvalue weighted by atomic mass is 16.6. The first-order valence-electron chi connectivity index (χ1n) is 6.72. The van der Waals surface area contributed by atoms with Crippen LogP contribution in [-0.2, 0) is 0 Å². The summed E-state index contributed by atoms with van der Waals surface area (Å²) in [5.41, 5.74) is 2.01. The zero-order valence-corrected chi connectivity index (χ0v) is 12.6. The van der Waals surface area contributed by atoms with Gasteiger partial charge in [-0.25, -0.2) is 0 Å². The second kappa shape index (κ2) is 5.87. The molecule has 0 aliphatic carbocycles. The van der Waals surface area contributed by atoms with Crippen LogP contribution in [0.25, 0.3) is 0 Å². The van der Waals surface area contributed by atoms with Crippen molar-refractivity contribution in [2.75, 3.05) is 17.7 Å². The molecule has 0 saturated heterocycles. The predicted molar refractivity (Wildman–Crippen MR) is 82.9 cm³/mol. The Hall–Kier alpha value is -2.50. The number of nitrogens with zero attached hydrogens (tertiary/aromatic N) is 1. The van der Waals surface area contributed by atoms with Crippen LogP contribution in [0.15, 0.2) is 28.7 Å². The number of furan rings is 1. The minimum atomic E-state index is -0.381. The van der Waals surface area contributed by atoms with Crippen molar-refractivity contribution in [2.24, 2.45) is 0 Å². The summed E-state index contributed by atoms with van der Waals surface area (Å²) in [4.78, 5) is 10.9. The van der Waals surface area contributed by atoms with Crippen LogP contribution in [0.3, 0.4) is 0 Å². The van der Waals surface area contributed by atoms with E-state index in [1.54, 1.807) is 25.2 Å². The maximum Gasteiger partial charge on any atom is 0.315 e. The molecule has 1 heterocycles. The third-order valence-corrected chi connectivity index (χ3v) is 3.41. The molecule has 21 heavy (non-hydrogen) atoms. The zero-order chi connectivity index (χ0) is 15.6. The van der Waals surface area contributed by atoms with Crippen LogP contribution in [0.4, 0.5) is 17.1 Å². The Morgan fingerprint density at radius 2 is 1.95 bits per heavy atom. The third kappa shape index (κ3) is 2.99. The molecular weight excluding hydrogens is 270 g/mol. The number of para-hydroxylation sites is 1. The Morgan fingerprint density at radius 1 is 1.29 bits per heavy atom. The van der Waals surface area contributed by atoms with Gasteiger partial charge in [-0.3, -0.25) is 10.1 Å². The summed E-state index contributed by atoms with van der Waals surface area (Å²) >= 11 is 0. The van der Waals surface area contributed by atoms with Crippen LogP contribution in [0.5, 0.6) is 0 Å². The summed E-state index contributed by atoms with van der Waals surface area (Å²) in [5, 5.41) is 17.3. The lowest BCUT2D eigenvalue weighted by Gasteiger charge is -2.16. The number of benzene rings is 1. The fourth-order valence-electron chi connectivity index (χ4n) is 2.45. The molecule has 0 saturated carbocycles.